The maximum Gasteiger partial charge on any atom is 0.231 e. The molecule has 4 nitrogen and oxygen atoms in total. The highest BCUT2D eigenvalue weighted by Crippen LogP contribution is 2.27. The Bertz CT molecular complexity index is 789. The van der Waals surface area contributed by atoms with Crippen molar-refractivity contribution < 1.29 is 14.0 Å². The zero-order valence-electron chi connectivity index (χ0n) is 10.8. The number of hydrogen-bond acceptors (Lipinski definition) is 4. The first-order valence-electron chi connectivity index (χ1n) is 6.18. The van der Waals surface area contributed by atoms with Crippen molar-refractivity contribution in [3.63, 3.8) is 0 Å². The van der Waals surface area contributed by atoms with Gasteiger partial charge in [0.1, 0.15) is 11.6 Å². The smallest absolute Gasteiger partial charge is 0.231 e. The first-order valence-corrected chi connectivity index (χ1v) is 6.97. The first kappa shape index (κ1) is 13.8. The zero-order valence-corrected chi connectivity index (χ0v) is 12.3. The standard InChI is InChI=1S/C15H10BrFN2O2/c16-13-8-10(17)4-5-12(13)15-18-14(21-19-15)7-9-2-1-3-11(20)6-9/h1-6,8,20H,7H2. The van der Waals surface area contributed by atoms with E-state index in [0.29, 0.717) is 28.2 Å². The third-order valence-electron chi connectivity index (χ3n) is 2.91. The normalized spacial score (nSPS) is 10.8. The molecule has 2 aromatic carbocycles. The van der Waals surface area contributed by atoms with E-state index in [1.54, 1.807) is 24.3 Å². The summed E-state index contributed by atoms with van der Waals surface area (Å²) in [6.45, 7) is 0. The van der Waals surface area contributed by atoms with E-state index >= 15 is 0 Å². The van der Waals surface area contributed by atoms with Gasteiger partial charge in [-0.3, -0.25) is 0 Å². The maximum absolute atomic E-state index is 13.1. The summed E-state index contributed by atoms with van der Waals surface area (Å²) in [5.41, 5.74) is 1.52. The summed E-state index contributed by atoms with van der Waals surface area (Å²) >= 11 is 3.27. The van der Waals surface area contributed by atoms with Crippen LogP contribution >= 0.6 is 15.9 Å². The highest BCUT2D eigenvalue weighted by Gasteiger charge is 2.12. The lowest BCUT2D eigenvalue weighted by Gasteiger charge is -1.98. The molecule has 0 spiro atoms. The van der Waals surface area contributed by atoms with Crippen LogP contribution in [0.3, 0.4) is 0 Å². The predicted molar refractivity (Wildman–Crippen MR) is 78.3 cm³/mol. The van der Waals surface area contributed by atoms with Crippen molar-refractivity contribution >= 4 is 15.9 Å². The van der Waals surface area contributed by atoms with Gasteiger partial charge in [0.05, 0.1) is 6.42 Å². The molecule has 0 radical (unpaired) electrons. The van der Waals surface area contributed by atoms with Gasteiger partial charge in [0.2, 0.25) is 11.7 Å². The molecule has 0 atom stereocenters. The van der Waals surface area contributed by atoms with Gasteiger partial charge in [0.15, 0.2) is 0 Å². The molecule has 1 heterocycles. The third kappa shape index (κ3) is 3.11. The van der Waals surface area contributed by atoms with Gasteiger partial charge < -0.3 is 9.63 Å². The van der Waals surface area contributed by atoms with E-state index < -0.39 is 0 Å². The Morgan fingerprint density at radius 2 is 2.05 bits per heavy atom. The van der Waals surface area contributed by atoms with Crippen LogP contribution in [-0.4, -0.2) is 15.2 Å². The lowest BCUT2D eigenvalue weighted by atomic mass is 10.1. The fraction of sp³-hybridized carbons (Fsp3) is 0.0667. The van der Waals surface area contributed by atoms with Gasteiger partial charge in [0.25, 0.3) is 0 Å². The lowest BCUT2D eigenvalue weighted by Crippen LogP contribution is -1.89. The fourth-order valence-electron chi connectivity index (χ4n) is 1.95. The highest BCUT2D eigenvalue weighted by atomic mass is 79.9. The molecule has 0 saturated heterocycles. The molecule has 6 heteroatoms. The lowest BCUT2D eigenvalue weighted by molar-refractivity contribution is 0.385. The largest absolute Gasteiger partial charge is 0.508 e. The molecule has 1 aromatic heterocycles. The molecule has 0 aliphatic carbocycles. The van der Waals surface area contributed by atoms with Crippen LogP contribution in [0.5, 0.6) is 5.75 Å². The molecule has 0 fully saturated rings. The molecule has 106 valence electrons. The molecule has 3 aromatic rings. The van der Waals surface area contributed by atoms with Crippen LogP contribution in [0.15, 0.2) is 51.5 Å². The predicted octanol–water partition coefficient (Wildman–Crippen LogP) is 3.93. The maximum atomic E-state index is 13.1. The van der Waals surface area contributed by atoms with Crippen molar-refractivity contribution in [2.75, 3.05) is 0 Å². The number of benzene rings is 2. The van der Waals surface area contributed by atoms with Crippen LogP contribution < -0.4 is 0 Å². The average Bonchev–Trinajstić information content (AvgIpc) is 2.87. The van der Waals surface area contributed by atoms with E-state index in [2.05, 4.69) is 26.1 Å². The highest BCUT2D eigenvalue weighted by molar-refractivity contribution is 9.10. The topological polar surface area (TPSA) is 59.2 Å². The molecule has 3 rings (SSSR count). The van der Waals surface area contributed by atoms with Gasteiger partial charge in [-0.15, -0.1) is 0 Å². The van der Waals surface area contributed by atoms with E-state index in [-0.39, 0.29) is 11.6 Å². The van der Waals surface area contributed by atoms with Crippen LogP contribution in [0, 0.1) is 5.82 Å². The summed E-state index contributed by atoms with van der Waals surface area (Å²) in [5.74, 6) is 0.659. The minimum Gasteiger partial charge on any atom is -0.508 e. The number of hydrogen-bond donors (Lipinski definition) is 1. The second-order valence-corrected chi connectivity index (χ2v) is 5.34. The molecule has 0 aliphatic rings. The molecule has 0 amide bonds. The summed E-state index contributed by atoms with van der Waals surface area (Å²) in [6, 6.07) is 11.1. The van der Waals surface area contributed by atoms with Crippen LogP contribution in [0.2, 0.25) is 0 Å². The number of halogens is 2. The Kier molecular flexibility index (Phi) is 3.70. The Hall–Kier alpha value is -2.21. The summed E-state index contributed by atoms with van der Waals surface area (Å²) in [5, 5.41) is 13.3. The summed E-state index contributed by atoms with van der Waals surface area (Å²) < 4.78 is 18.8. The van der Waals surface area contributed by atoms with Gasteiger partial charge in [-0.2, -0.15) is 4.98 Å². The van der Waals surface area contributed by atoms with E-state index in [1.165, 1.54) is 12.1 Å². The van der Waals surface area contributed by atoms with Crippen molar-refractivity contribution in [1.82, 2.24) is 10.1 Å². The van der Waals surface area contributed by atoms with Crippen molar-refractivity contribution in [1.29, 1.82) is 0 Å². The second kappa shape index (κ2) is 5.65. The number of aromatic hydroxyl groups is 1. The molecule has 0 aliphatic heterocycles. The summed E-state index contributed by atoms with van der Waals surface area (Å²) in [6.07, 6.45) is 0.417. The van der Waals surface area contributed by atoms with Crippen LogP contribution in [0.1, 0.15) is 11.5 Å². The number of aromatic nitrogens is 2. The Morgan fingerprint density at radius 1 is 1.19 bits per heavy atom. The molecule has 0 bridgehead atoms. The monoisotopic (exact) mass is 348 g/mol. The number of nitrogens with zero attached hydrogens (tertiary/aromatic N) is 2. The van der Waals surface area contributed by atoms with E-state index in [9.17, 15) is 9.50 Å². The molecule has 0 saturated carbocycles. The molecular formula is C15H10BrFN2O2. The Morgan fingerprint density at radius 3 is 2.81 bits per heavy atom. The first-order chi connectivity index (χ1) is 10.1. The van der Waals surface area contributed by atoms with Crippen molar-refractivity contribution in [3.8, 4) is 17.1 Å². The van der Waals surface area contributed by atoms with Crippen molar-refractivity contribution in [2.24, 2.45) is 0 Å². The van der Waals surface area contributed by atoms with Gasteiger partial charge in [0, 0.05) is 10.0 Å². The average molecular weight is 349 g/mol. The number of phenols is 1. The minimum atomic E-state index is -0.339. The van der Waals surface area contributed by atoms with Crippen molar-refractivity contribution in [2.45, 2.75) is 6.42 Å². The van der Waals surface area contributed by atoms with E-state index in [0.717, 1.165) is 5.56 Å². The number of rotatable bonds is 3. The van der Waals surface area contributed by atoms with Crippen LogP contribution in [-0.2, 0) is 6.42 Å². The molecule has 0 unspecified atom stereocenters. The van der Waals surface area contributed by atoms with Gasteiger partial charge in [-0.25, -0.2) is 4.39 Å². The summed E-state index contributed by atoms with van der Waals surface area (Å²) in [7, 11) is 0. The molecular weight excluding hydrogens is 339 g/mol. The zero-order chi connectivity index (χ0) is 14.8. The SMILES string of the molecule is Oc1cccc(Cc2nc(-c3ccc(F)cc3Br)no2)c1. The second-order valence-electron chi connectivity index (χ2n) is 4.48. The Balaban J connectivity index is 1.86. The molecule has 21 heavy (non-hydrogen) atoms. The fourth-order valence-corrected chi connectivity index (χ4v) is 2.48. The van der Waals surface area contributed by atoms with E-state index in [4.69, 9.17) is 4.52 Å². The van der Waals surface area contributed by atoms with Gasteiger partial charge >= 0.3 is 0 Å². The van der Waals surface area contributed by atoms with Crippen molar-refractivity contribution in [3.05, 3.63) is 64.2 Å². The van der Waals surface area contributed by atoms with Gasteiger partial charge in [-0.05, 0) is 51.8 Å². The minimum absolute atomic E-state index is 0.188. The quantitative estimate of drug-likeness (QED) is 0.778. The van der Waals surface area contributed by atoms with Crippen LogP contribution in [0.25, 0.3) is 11.4 Å². The number of phenolic OH excluding ortho intramolecular Hbond substituents is 1. The van der Waals surface area contributed by atoms with E-state index in [1.807, 2.05) is 6.07 Å². The molecule has 1 N–H and O–H groups in total. The van der Waals surface area contributed by atoms with Crippen LogP contribution in [0.4, 0.5) is 4.39 Å². The third-order valence-corrected chi connectivity index (χ3v) is 3.56. The summed E-state index contributed by atoms with van der Waals surface area (Å²) in [4.78, 5) is 4.28. The van der Waals surface area contributed by atoms with Gasteiger partial charge in [-0.1, -0.05) is 17.3 Å². The Labute approximate surface area is 128 Å².